The van der Waals surface area contributed by atoms with Crippen LogP contribution in [0.4, 0.5) is 0 Å². The van der Waals surface area contributed by atoms with Crippen LogP contribution in [-0.4, -0.2) is 24.3 Å². The van der Waals surface area contributed by atoms with Crippen LogP contribution in [0.3, 0.4) is 0 Å². The molecule has 21 heavy (non-hydrogen) atoms. The number of ether oxygens (including phenoxy) is 1. The fourth-order valence-corrected chi connectivity index (χ4v) is 3.54. The van der Waals surface area contributed by atoms with Crippen LogP contribution in [0.15, 0.2) is 35.7 Å². The van der Waals surface area contributed by atoms with Gasteiger partial charge in [0.25, 0.3) is 0 Å². The molecule has 1 atom stereocenters. The van der Waals surface area contributed by atoms with E-state index in [0.29, 0.717) is 6.04 Å². The average molecular weight is 301 g/mol. The van der Waals surface area contributed by atoms with Crippen molar-refractivity contribution in [3.63, 3.8) is 0 Å². The minimum atomic E-state index is 0.152. The summed E-state index contributed by atoms with van der Waals surface area (Å²) in [4.78, 5) is 14.7. The molecule has 0 saturated carbocycles. The number of thiophene rings is 1. The maximum Gasteiger partial charge on any atom is 0.169 e. The summed E-state index contributed by atoms with van der Waals surface area (Å²) in [6.45, 7) is 3.64. The van der Waals surface area contributed by atoms with Gasteiger partial charge in [0.2, 0.25) is 0 Å². The molecule has 1 aliphatic rings. The third-order valence-corrected chi connectivity index (χ3v) is 5.08. The van der Waals surface area contributed by atoms with E-state index in [1.807, 2.05) is 18.2 Å². The SMILES string of the molecule is COc1cccc(C2CCN2Cc2csc(C(C)=O)c2)c1. The molecule has 1 fully saturated rings. The molecule has 2 heterocycles. The minimum Gasteiger partial charge on any atom is -0.497 e. The molecule has 110 valence electrons. The quantitative estimate of drug-likeness (QED) is 0.784. The van der Waals surface area contributed by atoms with E-state index in [4.69, 9.17) is 4.74 Å². The second kappa shape index (κ2) is 6.00. The number of hydrogen-bond acceptors (Lipinski definition) is 4. The molecule has 4 heteroatoms. The van der Waals surface area contributed by atoms with Gasteiger partial charge in [0.1, 0.15) is 5.75 Å². The van der Waals surface area contributed by atoms with E-state index in [-0.39, 0.29) is 5.78 Å². The van der Waals surface area contributed by atoms with Gasteiger partial charge in [-0.25, -0.2) is 0 Å². The van der Waals surface area contributed by atoms with Gasteiger partial charge in [-0.05, 0) is 48.1 Å². The number of likely N-dealkylation sites (tertiary alicyclic amines) is 1. The maximum absolute atomic E-state index is 11.4. The van der Waals surface area contributed by atoms with E-state index >= 15 is 0 Å². The molecular weight excluding hydrogens is 282 g/mol. The molecule has 0 spiro atoms. The number of methoxy groups -OCH3 is 1. The smallest absolute Gasteiger partial charge is 0.169 e. The minimum absolute atomic E-state index is 0.152. The first-order valence-electron chi connectivity index (χ1n) is 7.13. The Balaban J connectivity index is 1.70. The molecule has 1 aromatic carbocycles. The molecule has 3 nitrogen and oxygen atoms in total. The number of nitrogens with zero attached hydrogens (tertiary/aromatic N) is 1. The van der Waals surface area contributed by atoms with Crippen molar-refractivity contribution in [3.8, 4) is 5.75 Å². The third kappa shape index (κ3) is 3.01. The summed E-state index contributed by atoms with van der Waals surface area (Å²) in [6, 6.07) is 10.8. The number of carbonyl (C=O) groups excluding carboxylic acids is 1. The van der Waals surface area contributed by atoms with Gasteiger partial charge in [0, 0.05) is 19.1 Å². The molecule has 2 aromatic rings. The summed E-state index contributed by atoms with van der Waals surface area (Å²) in [5, 5.41) is 2.09. The fraction of sp³-hybridized carbons (Fsp3) is 0.353. The molecule has 0 radical (unpaired) electrons. The van der Waals surface area contributed by atoms with Crippen LogP contribution < -0.4 is 4.74 Å². The highest BCUT2D eigenvalue weighted by Gasteiger charge is 2.29. The zero-order chi connectivity index (χ0) is 14.8. The Labute approximate surface area is 129 Å². The molecule has 1 unspecified atom stereocenters. The van der Waals surface area contributed by atoms with Crippen molar-refractivity contribution >= 4 is 17.1 Å². The van der Waals surface area contributed by atoms with E-state index in [0.717, 1.165) is 23.7 Å². The number of hydrogen-bond donors (Lipinski definition) is 0. The van der Waals surface area contributed by atoms with Crippen LogP contribution in [0.25, 0.3) is 0 Å². The predicted octanol–water partition coefficient (Wildman–Crippen LogP) is 3.91. The number of benzene rings is 1. The van der Waals surface area contributed by atoms with Gasteiger partial charge in [-0.15, -0.1) is 11.3 Å². The van der Waals surface area contributed by atoms with Crippen LogP contribution >= 0.6 is 11.3 Å². The van der Waals surface area contributed by atoms with Gasteiger partial charge in [0.05, 0.1) is 12.0 Å². The fourth-order valence-electron chi connectivity index (χ4n) is 2.73. The van der Waals surface area contributed by atoms with E-state index < -0.39 is 0 Å². The molecule has 1 saturated heterocycles. The Hall–Kier alpha value is -1.65. The van der Waals surface area contributed by atoms with E-state index in [1.54, 1.807) is 25.4 Å². The first-order chi connectivity index (χ1) is 10.2. The Morgan fingerprint density at radius 3 is 2.90 bits per heavy atom. The first-order valence-corrected chi connectivity index (χ1v) is 8.01. The highest BCUT2D eigenvalue weighted by atomic mass is 32.1. The molecule has 0 amide bonds. The highest BCUT2D eigenvalue weighted by Crippen LogP contribution is 2.36. The Bertz CT molecular complexity index is 650. The zero-order valence-corrected chi connectivity index (χ0v) is 13.2. The van der Waals surface area contributed by atoms with Crippen molar-refractivity contribution in [1.29, 1.82) is 0 Å². The second-order valence-electron chi connectivity index (χ2n) is 5.43. The van der Waals surface area contributed by atoms with Gasteiger partial charge in [-0.1, -0.05) is 12.1 Å². The van der Waals surface area contributed by atoms with Crippen molar-refractivity contribution in [1.82, 2.24) is 4.90 Å². The van der Waals surface area contributed by atoms with Crippen molar-refractivity contribution in [2.75, 3.05) is 13.7 Å². The van der Waals surface area contributed by atoms with Crippen LogP contribution in [0, 0.1) is 0 Å². The molecular formula is C17H19NO2S. The standard InChI is InChI=1S/C17H19NO2S/c1-12(19)17-8-13(11-21-17)10-18-7-6-16(18)14-4-3-5-15(9-14)20-2/h3-5,8-9,11,16H,6-7,10H2,1-2H3. The second-order valence-corrected chi connectivity index (χ2v) is 6.34. The van der Waals surface area contributed by atoms with E-state index in [2.05, 4.69) is 22.4 Å². The summed E-state index contributed by atoms with van der Waals surface area (Å²) in [7, 11) is 1.70. The number of ketones is 1. The molecule has 0 N–H and O–H groups in total. The largest absolute Gasteiger partial charge is 0.497 e. The lowest BCUT2D eigenvalue weighted by molar-refractivity contribution is 0.0818. The first kappa shape index (κ1) is 14.3. The van der Waals surface area contributed by atoms with E-state index in [1.165, 1.54) is 17.5 Å². The Morgan fingerprint density at radius 1 is 1.43 bits per heavy atom. The van der Waals surface area contributed by atoms with Gasteiger partial charge in [-0.2, -0.15) is 0 Å². The summed E-state index contributed by atoms with van der Waals surface area (Å²) in [6.07, 6.45) is 1.18. The monoisotopic (exact) mass is 301 g/mol. The van der Waals surface area contributed by atoms with Gasteiger partial charge >= 0.3 is 0 Å². The zero-order valence-electron chi connectivity index (χ0n) is 12.3. The molecule has 1 aliphatic heterocycles. The van der Waals surface area contributed by atoms with Crippen LogP contribution in [0.2, 0.25) is 0 Å². The number of Topliss-reactive ketones (excluding diaryl/α,β-unsaturated/α-hetero) is 1. The van der Waals surface area contributed by atoms with Crippen molar-refractivity contribution in [2.24, 2.45) is 0 Å². The van der Waals surface area contributed by atoms with Crippen LogP contribution in [0.5, 0.6) is 5.75 Å². The topological polar surface area (TPSA) is 29.5 Å². The van der Waals surface area contributed by atoms with Crippen molar-refractivity contribution in [2.45, 2.75) is 25.9 Å². The number of carbonyl (C=O) groups is 1. The normalized spacial score (nSPS) is 18.3. The molecule has 1 aromatic heterocycles. The lowest BCUT2D eigenvalue weighted by atomic mass is 9.94. The van der Waals surface area contributed by atoms with Gasteiger partial charge in [0.15, 0.2) is 5.78 Å². The molecule has 0 aliphatic carbocycles. The van der Waals surface area contributed by atoms with Gasteiger partial charge < -0.3 is 4.74 Å². The van der Waals surface area contributed by atoms with E-state index in [9.17, 15) is 4.79 Å². The highest BCUT2D eigenvalue weighted by molar-refractivity contribution is 7.12. The average Bonchev–Trinajstić information content (AvgIpc) is 2.93. The molecule has 3 rings (SSSR count). The summed E-state index contributed by atoms with van der Waals surface area (Å²) in [5.74, 6) is 1.06. The lowest BCUT2D eigenvalue weighted by Crippen LogP contribution is -2.40. The third-order valence-electron chi connectivity index (χ3n) is 4.00. The molecule has 0 bridgehead atoms. The maximum atomic E-state index is 11.4. The number of rotatable bonds is 5. The van der Waals surface area contributed by atoms with Gasteiger partial charge in [-0.3, -0.25) is 9.69 Å². The van der Waals surface area contributed by atoms with Crippen molar-refractivity contribution in [3.05, 3.63) is 51.7 Å². The Morgan fingerprint density at radius 2 is 2.29 bits per heavy atom. The predicted molar refractivity (Wildman–Crippen MR) is 85.1 cm³/mol. The summed E-state index contributed by atoms with van der Waals surface area (Å²) >= 11 is 1.54. The van der Waals surface area contributed by atoms with Crippen LogP contribution in [0.1, 0.15) is 40.2 Å². The summed E-state index contributed by atoms with van der Waals surface area (Å²) < 4.78 is 5.30. The summed E-state index contributed by atoms with van der Waals surface area (Å²) in [5.41, 5.74) is 2.54. The lowest BCUT2D eigenvalue weighted by Gasteiger charge is -2.41. The van der Waals surface area contributed by atoms with Crippen molar-refractivity contribution < 1.29 is 9.53 Å². The van der Waals surface area contributed by atoms with Crippen LogP contribution in [-0.2, 0) is 6.54 Å². The Kier molecular flexibility index (Phi) is 4.08.